The number of fused-ring (bicyclic) bond motifs is 6. The fourth-order valence-corrected chi connectivity index (χ4v) is 8.60. The lowest BCUT2D eigenvalue weighted by molar-refractivity contribution is -0.437. The third-order valence-corrected chi connectivity index (χ3v) is 10.4. The molecule has 2 aliphatic heterocycles. The maximum Gasteiger partial charge on any atom is 0.416 e. The molecule has 5 aromatic rings. The zero-order chi connectivity index (χ0) is 31.3. The van der Waals surface area contributed by atoms with E-state index >= 15 is 0 Å². The van der Waals surface area contributed by atoms with Crippen molar-refractivity contribution in [3.8, 4) is 0 Å². The molecule has 7 rings (SSSR count). The van der Waals surface area contributed by atoms with E-state index in [1.807, 2.05) is 12.1 Å². The van der Waals surface area contributed by atoms with Crippen molar-refractivity contribution in [2.24, 2.45) is 0 Å². The zero-order valence-electron chi connectivity index (χ0n) is 25.8. The zero-order valence-corrected chi connectivity index (χ0v) is 26.6. The Balaban J connectivity index is 1.47. The maximum atomic E-state index is 14.4. The molecule has 0 saturated carbocycles. The summed E-state index contributed by atoms with van der Waals surface area (Å²) in [6.07, 6.45) is -0.0337. The van der Waals surface area contributed by atoms with Crippen LogP contribution in [0.25, 0.3) is 21.5 Å². The van der Waals surface area contributed by atoms with Gasteiger partial charge in [0.2, 0.25) is 5.69 Å². The predicted octanol–water partition coefficient (Wildman–Crippen LogP) is 10.9. The molecule has 0 fully saturated rings. The van der Waals surface area contributed by atoms with Gasteiger partial charge in [0.25, 0.3) is 0 Å². The summed E-state index contributed by atoms with van der Waals surface area (Å²) in [5, 5.41) is 5.73. The minimum Gasteiger partial charge on any atom is -0.335 e. The molecule has 45 heavy (non-hydrogen) atoms. The predicted molar refractivity (Wildman–Crippen MR) is 182 cm³/mol. The van der Waals surface area contributed by atoms with Crippen LogP contribution in [-0.4, -0.2) is 23.4 Å². The highest BCUT2D eigenvalue weighted by Gasteiger charge is 2.50. The van der Waals surface area contributed by atoms with Crippen LogP contribution in [0.3, 0.4) is 0 Å². The second kappa shape index (κ2) is 11.4. The Morgan fingerprint density at radius 2 is 1.47 bits per heavy atom. The Hall–Kier alpha value is -4.03. The first-order chi connectivity index (χ1) is 21.7. The Bertz CT molecular complexity index is 2010. The third-order valence-electron chi connectivity index (χ3n) is 9.25. The lowest BCUT2D eigenvalue weighted by atomic mass is 9.72. The number of halogens is 3. The van der Waals surface area contributed by atoms with Crippen molar-refractivity contribution >= 4 is 50.4 Å². The molecule has 1 atom stereocenters. The fraction of sp³-hybridized carbons (Fsp3) is 0.256. The Kier molecular flexibility index (Phi) is 7.52. The van der Waals surface area contributed by atoms with Crippen LogP contribution in [0.4, 0.5) is 24.5 Å². The highest BCUT2D eigenvalue weighted by molar-refractivity contribution is 8.04. The molecule has 2 heterocycles. The molecular formula is C39H36F3N2S+. The molecule has 2 aliphatic rings. The number of hydrogen-bond donors (Lipinski definition) is 0. The molecule has 0 radical (unpaired) electrons. The number of nitrogens with zero attached hydrogens (tertiary/aromatic N) is 2. The highest BCUT2D eigenvalue weighted by Crippen LogP contribution is 2.52. The van der Waals surface area contributed by atoms with Crippen molar-refractivity contribution in [1.29, 1.82) is 0 Å². The number of hydrogen-bond acceptors (Lipinski definition) is 2. The SMILES string of the molecule is CCCN1/C(=C/C2=[N+](CCC)c3ccc4ccccc4c3C2(C)Cc2ccccc2C(F)(F)F)Sc2c1ccc1ccccc21. The van der Waals surface area contributed by atoms with Gasteiger partial charge in [-0.1, -0.05) is 98.4 Å². The van der Waals surface area contributed by atoms with E-state index in [1.165, 1.54) is 33.5 Å². The van der Waals surface area contributed by atoms with Crippen LogP contribution in [0.1, 0.15) is 50.3 Å². The molecule has 0 amide bonds. The van der Waals surface area contributed by atoms with Gasteiger partial charge in [0, 0.05) is 35.6 Å². The van der Waals surface area contributed by atoms with Crippen LogP contribution < -0.4 is 4.90 Å². The van der Waals surface area contributed by atoms with E-state index in [1.54, 1.807) is 23.9 Å². The van der Waals surface area contributed by atoms with Gasteiger partial charge in [0.1, 0.15) is 6.54 Å². The first-order valence-electron chi connectivity index (χ1n) is 15.8. The molecule has 0 bridgehead atoms. The summed E-state index contributed by atoms with van der Waals surface area (Å²) in [4.78, 5) is 3.63. The first-order valence-corrected chi connectivity index (χ1v) is 16.6. The van der Waals surface area contributed by atoms with Crippen molar-refractivity contribution in [3.63, 3.8) is 0 Å². The summed E-state index contributed by atoms with van der Waals surface area (Å²) < 4.78 is 45.6. The van der Waals surface area contributed by atoms with Crippen LogP contribution >= 0.6 is 11.8 Å². The summed E-state index contributed by atoms with van der Waals surface area (Å²) in [6.45, 7) is 8.13. The van der Waals surface area contributed by atoms with Crippen molar-refractivity contribution in [2.45, 2.75) is 56.5 Å². The normalized spacial score (nSPS) is 18.8. The molecule has 5 aromatic carbocycles. The van der Waals surface area contributed by atoms with Gasteiger partial charge in [0.15, 0.2) is 5.71 Å². The van der Waals surface area contributed by atoms with Gasteiger partial charge in [-0.05, 0) is 65.1 Å². The Morgan fingerprint density at radius 1 is 0.800 bits per heavy atom. The van der Waals surface area contributed by atoms with E-state index in [0.717, 1.165) is 58.7 Å². The van der Waals surface area contributed by atoms with Gasteiger partial charge >= 0.3 is 6.18 Å². The van der Waals surface area contributed by atoms with E-state index in [-0.39, 0.29) is 6.42 Å². The highest BCUT2D eigenvalue weighted by atomic mass is 32.2. The molecule has 0 N–H and O–H groups in total. The minimum atomic E-state index is -4.43. The molecule has 1 unspecified atom stereocenters. The van der Waals surface area contributed by atoms with E-state index in [2.05, 4.69) is 97.0 Å². The number of anilines is 1. The molecule has 2 nitrogen and oxygen atoms in total. The Morgan fingerprint density at radius 3 is 2.20 bits per heavy atom. The molecular weight excluding hydrogens is 586 g/mol. The standard InChI is InChI=1S/C39H36F3N2S/c1-4-22-43-32-20-18-26-12-6-9-15-29(26)36(32)38(3,25-28-14-8-11-17-31(28)39(40,41)42)34(43)24-35-44(23-5-2)33-21-19-27-13-7-10-16-30(27)37(33)45-35/h6-21,24H,4-5,22-23,25H2,1-3H3/q+1. The van der Waals surface area contributed by atoms with Crippen LogP contribution in [0, 0.1) is 0 Å². The van der Waals surface area contributed by atoms with E-state index in [0.29, 0.717) is 5.56 Å². The van der Waals surface area contributed by atoms with Gasteiger partial charge < -0.3 is 4.90 Å². The monoisotopic (exact) mass is 621 g/mol. The number of thioether (sulfide) groups is 1. The molecule has 6 heteroatoms. The van der Waals surface area contributed by atoms with E-state index in [4.69, 9.17) is 0 Å². The van der Waals surface area contributed by atoms with Crippen LogP contribution in [0.5, 0.6) is 0 Å². The lowest BCUT2D eigenvalue weighted by Gasteiger charge is -2.27. The molecule has 0 aliphatic carbocycles. The summed E-state index contributed by atoms with van der Waals surface area (Å²) >= 11 is 1.78. The van der Waals surface area contributed by atoms with E-state index < -0.39 is 17.2 Å². The summed E-state index contributed by atoms with van der Waals surface area (Å²) in [5.41, 5.74) is 3.48. The fourth-order valence-electron chi connectivity index (χ4n) is 7.34. The Labute approximate surface area is 266 Å². The van der Waals surface area contributed by atoms with E-state index in [9.17, 15) is 13.2 Å². The van der Waals surface area contributed by atoms with Crippen LogP contribution in [0.15, 0.2) is 113 Å². The maximum absolute atomic E-state index is 14.4. The summed E-state index contributed by atoms with van der Waals surface area (Å²) in [7, 11) is 0. The van der Waals surface area contributed by atoms with Gasteiger partial charge in [0.05, 0.1) is 21.7 Å². The number of alkyl halides is 3. The molecule has 0 spiro atoms. The second-order valence-electron chi connectivity index (χ2n) is 12.3. The quantitative estimate of drug-likeness (QED) is 0.167. The number of benzene rings is 5. The summed E-state index contributed by atoms with van der Waals surface area (Å²) in [5.74, 6) is 0. The van der Waals surface area contributed by atoms with Gasteiger partial charge in [-0.2, -0.15) is 17.7 Å². The van der Waals surface area contributed by atoms with Gasteiger partial charge in [-0.25, -0.2) is 0 Å². The molecule has 0 saturated heterocycles. The average molecular weight is 622 g/mol. The lowest BCUT2D eigenvalue weighted by Crippen LogP contribution is -2.35. The minimum absolute atomic E-state index is 0.233. The van der Waals surface area contributed by atoms with Crippen LogP contribution in [0.2, 0.25) is 0 Å². The van der Waals surface area contributed by atoms with Gasteiger partial charge in [-0.3, -0.25) is 0 Å². The number of rotatable bonds is 7. The topological polar surface area (TPSA) is 6.25 Å². The molecule has 228 valence electrons. The first kappa shape index (κ1) is 29.7. The molecule has 0 aromatic heterocycles. The second-order valence-corrected chi connectivity index (χ2v) is 13.3. The van der Waals surface area contributed by atoms with Crippen LogP contribution in [-0.2, 0) is 18.0 Å². The van der Waals surface area contributed by atoms with Crippen molar-refractivity contribution in [3.05, 3.63) is 125 Å². The smallest absolute Gasteiger partial charge is 0.335 e. The summed E-state index contributed by atoms with van der Waals surface area (Å²) in [6, 6.07) is 31.6. The van der Waals surface area contributed by atoms with Crippen molar-refractivity contribution in [2.75, 3.05) is 18.0 Å². The number of allylic oxidation sites excluding steroid dienone is 1. The van der Waals surface area contributed by atoms with Crippen molar-refractivity contribution in [1.82, 2.24) is 0 Å². The van der Waals surface area contributed by atoms with Gasteiger partial charge in [-0.15, -0.1) is 0 Å². The average Bonchev–Trinajstić information content (AvgIpc) is 3.50. The third kappa shape index (κ3) is 4.94. The van der Waals surface area contributed by atoms with Crippen molar-refractivity contribution < 1.29 is 17.7 Å². The largest absolute Gasteiger partial charge is 0.416 e.